The minimum atomic E-state index is 0.0651. The summed E-state index contributed by atoms with van der Waals surface area (Å²) < 4.78 is 1.88. The van der Waals surface area contributed by atoms with Gasteiger partial charge in [0.25, 0.3) is 5.56 Å². The van der Waals surface area contributed by atoms with E-state index in [1.165, 1.54) is 25.7 Å². The summed E-state index contributed by atoms with van der Waals surface area (Å²) in [6.45, 7) is 0.815. The zero-order valence-electron chi connectivity index (χ0n) is 10.7. The van der Waals surface area contributed by atoms with Crippen LogP contribution in [0.15, 0.2) is 16.9 Å². The van der Waals surface area contributed by atoms with E-state index in [0.717, 1.165) is 30.6 Å². The van der Waals surface area contributed by atoms with Gasteiger partial charge in [0.2, 0.25) is 0 Å². The maximum Gasteiger partial charge on any atom is 0.250 e. The lowest BCUT2D eigenvalue weighted by Gasteiger charge is -2.21. The molecule has 18 heavy (non-hydrogen) atoms. The van der Waals surface area contributed by atoms with Crippen LogP contribution in [0.2, 0.25) is 0 Å². The zero-order chi connectivity index (χ0) is 12.5. The zero-order valence-corrected chi connectivity index (χ0v) is 10.7. The van der Waals surface area contributed by atoms with Crippen molar-refractivity contribution in [1.29, 1.82) is 0 Å². The fourth-order valence-electron chi connectivity index (χ4n) is 3.35. The molecule has 1 aromatic rings. The number of nitrogens with zero attached hydrogens (tertiary/aromatic N) is 1. The molecule has 0 atom stereocenters. The Kier molecular flexibility index (Phi) is 3.06. The summed E-state index contributed by atoms with van der Waals surface area (Å²) in [4.78, 5) is 23.9. The van der Waals surface area contributed by atoms with E-state index in [1.54, 1.807) is 12.1 Å². The molecule has 0 radical (unpaired) electrons. The van der Waals surface area contributed by atoms with Gasteiger partial charge < -0.3 is 4.57 Å². The van der Waals surface area contributed by atoms with E-state index < -0.39 is 0 Å². The first-order valence-electron chi connectivity index (χ1n) is 7.01. The van der Waals surface area contributed by atoms with E-state index in [-0.39, 0.29) is 11.3 Å². The fraction of sp³-hybridized carbons (Fsp3) is 0.600. The SMILES string of the molecule is O=C1CCCc2c1ccc(=O)n2CC1CCCC1. The molecule has 2 aliphatic rings. The van der Waals surface area contributed by atoms with E-state index in [2.05, 4.69) is 0 Å². The molecule has 3 rings (SSSR count). The average molecular weight is 245 g/mol. The van der Waals surface area contributed by atoms with Crippen LogP contribution < -0.4 is 5.56 Å². The molecule has 0 unspecified atom stereocenters. The molecule has 3 nitrogen and oxygen atoms in total. The largest absolute Gasteiger partial charge is 0.312 e. The molecule has 0 spiro atoms. The Bertz CT molecular complexity index is 524. The monoisotopic (exact) mass is 245 g/mol. The highest BCUT2D eigenvalue weighted by Crippen LogP contribution is 2.27. The second-order valence-electron chi connectivity index (χ2n) is 5.57. The Morgan fingerprint density at radius 1 is 1.06 bits per heavy atom. The van der Waals surface area contributed by atoms with Crippen LogP contribution in [0.4, 0.5) is 0 Å². The molecule has 0 aromatic carbocycles. The van der Waals surface area contributed by atoms with E-state index in [9.17, 15) is 9.59 Å². The summed E-state index contributed by atoms with van der Waals surface area (Å²) in [6.07, 6.45) is 7.42. The van der Waals surface area contributed by atoms with Crippen molar-refractivity contribution in [2.24, 2.45) is 5.92 Å². The number of aromatic nitrogens is 1. The minimum absolute atomic E-state index is 0.0651. The lowest BCUT2D eigenvalue weighted by Crippen LogP contribution is -2.29. The molecule has 0 amide bonds. The van der Waals surface area contributed by atoms with Gasteiger partial charge in [-0.2, -0.15) is 0 Å². The number of Topliss-reactive ketones (excluding diaryl/α,β-unsaturated/α-hetero) is 1. The maximum atomic E-state index is 12.0. The fourth-order valence-corrected chi connectivity index (χ4v) is 3.35. The Balaban J connectivity index is 1.99. The van der Waals surface area contributed by atoms with E-state index in [1.807, 2.05) is 4.57 Å². The Morgan fingerprint density at radius 3 is 2.61 bits per heavy atom. The normalized spacial score (nSPS) is 20.1. The summed E-state index contributed by atoms with van der Waals surface area (Å²) in [7, 11) is 0. The first-order chi connectivity index (χ1) is 8.75. The van der Waals surface area contributed by atoms with Crippen molar-refractivity contribution < 1.29 is 4.79 Å². The standard InChI is InChI=1S/C15H19NO2/c17-14-7-3-6-13-12(14)8-9-15(18)16(13)10-11-4-1-2-5-11/h8-9,11H,1-7,10H2. The molecule has 1 saturated carbocycles. The van der Waals surface area contributed by atoms with Gasteiger partial charge in [-0.15, -0.1) is 0 Å². The average Bonchev–Trinajstić information content (AvgIpc) is 2.86. The van der Waals surface area contributed by atoms with Crippen LogP contribution >= 0.6 is 0 Å². The molecular formula is C15H19NO2. The van der Waals surface area contributed by atoms with Gasteiger partial charge in [0.15, 0.2) is 5.78 Å². The van der Waals surface area contributed by atoms with Crippen molar-refractivity contribution in [2.75, 3.05) is 0 Å². The van der Waals surface area contributed by atoms with E-state index >= 15 is 0 Å². The summed E-state index contributed by atoms with van der Waals surface area (Å²) in [5.74, 6) is 0.836. The lowest BCUT2D eigenvalue weighted by molar-refractivity contribution is 0.0970. The molecule has 0 aliphatic heterocycles. The van der Waals surface area contributed by atoms with Crippen LogP contribution in [-0.2, 0) is 13.0 Å². The smallest absolute Gasteiger partial charge is 0.250 e. The van der Waals surface area contributed by atoms with Gasteiger partial charge in [0, 0.05) is 30.3 Å². The van der Waals surface area contributed by atoms with Crippen LogP contribution in [0.5, 0.6) is 0 Å². The summed E-state index contributed by atoms with van der Waals surface area (Å²) in [5.41, 5.74) is 1.85. The molecule has 3 heteroatoms. The molecular weight excluding hydrogens is 226 g/mol. The summed E-state index contributed by atoms with van der Waals surface area (Å²) in [6, 6.07) is 3.29. The number of rotatable bonds is 2. The molecule has 1 aromatic heterocycles. The summed E-state index contributed by atoms with van der Waals surface area (Å²) >= 11 is 0. The Hall–Kier alpha value is -1.38. The number of carbonyl (C=O) groups excluding carboxylic acids is 1. The number of hydrogen-bond donors (Lipinski definition) is 0. The van der Waals surface area contributed by atoms with Gasteiger partial charge in [-0.1, -0.05) is 12.8 Å². The van der Waals surface area contributed by atoms with Crippen LogP contribution in [0.3, 0.4) is 0 Å². The van der Waals surface area contributed by atoms with E-state index in [0.29, 0.717) is 12.3 Å². The number of fused-ring (bicyclic) bond motifs is 1. The van der Waals surface area contributed by atoms with Crippen molar-refractivity contribution in [3.63, 3.8) is 0 Å². The van der Waals surface area contributed by atoms with Gasteiger partial charge in [-0.05, 0) is 37.7 Å². The molecule has 0 bridgehead atoms. The molecule has 0 saturated heterocycles. The van der Waals surface area contributed by atoms with E-state index in [4.69, 9.17) is 0 Å². The van der Waals surface area contributed by atoms with Gasteiger partial charge >= 0.3 is 0 Å². The Morgan fingerprint density at radius 2 is 1.83 bits per heavy atom. The molecule has 1 heterocycles. The van der Waals surface area contributed by atoms with Gasteiger partial charge in [-0.3, -0.25) is 9.59 Å². The van der Waals surface area contributed by atoms with Crippen molar-refractivity contribution in [1.82, 2.24) is 4.57 Å². The molecule has 0 N–H and O–H groups in total. The molecule has 2 aliphatic carbocycles. The first-order valence-corrected chi connectivity index (χ1v) is 7.01. The number of pyridine rings is 1. The van der Waals surface area contributed by atoms with Crippen LogP contribution in [0.1, 0.15) is 54.6 Å². The first kappa shape index (κ1) is 11.7. The minimum Gasteiger partial charge on any atom is -0.312 e. The van der Waals surface area contributed by atoms with Crippen molar-refractivity contribution in [2.45, 2.75) is 51.5 Å². The maximum absolute atomic E-state index is 12.0. The van der Waals surface area contributed by atoms with Gasteiger partial charge in [0.1, 0.15) is 0 Å². The van der Waals surface area contributed by atoms with Gasteiger partial charge in [0.05, 0.1) is 0 Å². The predicted molar refractivity (Wildman–Crippen MR) is 69.9 cm³/mol. The van der Waals surface area contributed by atoms with Crippen LogP contribution in [0, 0.1) is 5.92 Å². The second-order valence-corrected chi connectivity index (χ2v) is 5.57. The highest BCUT2D eigenvalue weighted by molar-refractivity contribution is 5.97. The van der Waals surface area contributed by atoms with Gasteiger partial charge in [-0.25, -0.2) is 0 Å². The highest BCUT2D eigenvalue weighted by atomic mass is 16.1. The molecule has 1 fully saturated rings. The number of ketones is 1. The number of carbonyl (C=O) groups is 1. The summed E-state index contributed by atoms with van der Waals surface area (Å²) in [5, 5.41) is 0. The van der Waals surface area contributed by atoms with Crippen molar-refractivity contribution in [3.05, 3.63) is 33.7 Å². The second kappa shape index (κ2) is 4.71. The third-order valence-corrected chi connectivity index (χ3v) is 4.33. The predicted octanol–water partition coefficient (Wildman–Crippen LogP) is 2.56. The third kappa shape index (κ3) is 2.02. The highest BCUT2D eigenvalue weighted by Gasteiger charge is 2.23. The third-order valence-electron chi connectivity index (χ3n) is 4.33. The number of hydrogen-bond acceptors (Lipinski definition) is 2. The van der Waals surface area contributed by atoms with Crippen molar-refractivity contribution in [3.8, 4) is 0 Å². The Labute approximate surface area is 107 Å². The topological polar surface area (TPSA) is 39.1 Å². The van der Waals surface area contributed by atoms with Crippen LogP contribution in [-0.4, -0.2) is 10.4 Å². The molecule has 96 valence electrons. The lowest BCUT2D eigenvalue weighted by atomic mass is 9.94. The van der Waals surface area contributed by atoms with Crippen molar-refractivity contribution >= 4 is 5.78 Å². The van der Waals surface area contributed by atoms with Crippen LogP contribution in [0.25, 0.3) is 0 Å². The quantitative estimate of drug-likeness (QED) is 0.803.